The van der Waals surface area contributed by atoms with Crippen LogP contribution < -0.4 is 4.90 Å². The second kappa shape index (κ2) is 8.43. The highest BCUT2D eigenvalue weighted by Gasteiger charge is 2.71. The second-order valence-electron chi connectivity index (χ2n) is 10.5. The molecule has 1 spiro atoms. The maximum absolute atomic E-state index is 14.5. The van der Waals surface area contributed by atoms with Crippen LogP contribution in [0.25, 0.3) is 6.08 Å². The molecule has 7 rings (SSSR count). The van der Waals surface area contributed by atoms with E-state index < -0.39 is 29.2 Å². The average molecular weight is 514 g/mol. The zero-order valence-electron chi connectivity index (χ0n) is 21.2. The lowest BCUT2D eigenvalue weighted by Gasteiger charge is -2.37. The molecule has 1 fully saturated rings. The molecule has 1 saturated heterocycles. The van der Waals surface area contributed by atoms with Crippen molar-refractivity contribution in [2.75, 3.05) is 4.90 Å². The fourth-order valence-electron chi connectivity index (χ4n) is 6.85. The molecule has 0 aromatic heterocycles. The summed E-state index contributed by atoms with van der Waals surface area (Å²) in [4.78, 5) is 45.6. The van der Waals surface area contributed by atoms with Crippen molar-refractivity contribution in [1.82, 2.24) is 0 Å². The Morgan fingerprint density at radius 3 is 2.08 bits per heavy atom. The van der Waals surface area contributed by atoms with Gasteiger partial charge in [0.15, 0.2) is 17.3 Å². The van der Waals surface area contributed by atoms with Gasteiger partial charge in [-0.25, -0.2) is 4.39 Å². The van der Waals surface area contributed by atoms with Gasteiger partial charge in [0.1, 0.15) is 17.3 Å². The smallest absolute Gasteiger partial charge is 0.185 e. The summed E-state index contributed by atoms with van der Waals surface area (Å²) in [6, 6.07) is 26.2. The molecule has 0 N–H and O–H groups in total. The van der Waals surface area contributed by atoms with Gasteiger partial charge in [-0.05, 0) is 36.2 Å². The van der Waals surface area contributed by atoms with Gasteiger partial charge >= 0.3 is 0 Å². The molecular formula is C34H24FNO3. The quantitative estimate of drug-likeness (QED) is 0.233. The van der Waals surface area contributed by atoms with Crippen molar-refractivity contribution in [2.24, 2.45) is 5.41 Å². The van der Waals surface area contributed by atoms with Crippen molar-refractivity contribution >= 4 is 29.1 Å². The topological polar surface area (TPSA) is 54.5 Å². The lowest BCUT2D eigenvalue weighted by molar-refractivity contribution is 0.0666. The molecule has 0 bridgehead atoms. The van der Waals surface area contributed by atoms with Gasteiger partial charge in [0, 0.05) is 28.3 Å². The number of rotatable bonds is 3. The first kappa shape index (κ1) is 23.5. The number of benzene rings is 4. The molecule has 0 radical (unpaired) electrons. The number of anilines is 1. The minimum Gasteiger partial charge on any atom is -0.352 e. The number of Topliss-reactive ketones (excluding diaryl/α,β-unsaturated/α-hetero) is 3. The summed E-state index contributed by atoms with van der Waals surface area (Å²) in [5.74, 6) is -2.05. The van der Waals surface area contributed by atoms with Crippen molar-refractivity contribution in [1.29, 1.82) is 0 Å². The summed E-state index contributed by atoms with van der Waals surface area (Å²) in [7, 11) is 0. The van der Waals surface area contributed by atoms with Crippen LogP contribution in [0.5, 0.6) is 0 Å². The summed E-state index contributed by atoms with van der Waals surface area (Å²) in [6.45, 7) is 1.95. The highest BCUT2D eigenvalue weighted by Crippen LogP contribution is 2.60. The van der Waals surface area contributed by atoms with Crippen LogP contribution in [0.2, 0.25) is 0 Å². The van der Waals surface area contributed by atoms with Gasteiger partial charge in [-0.2, -0.15) is 0 Å². The molecule has 3 atom stereocenters. The predicted octanol–water partition coefficient (Wildman–Crippen LogP) is 6.45. The van der Waals surface area contributed by atoms with Crippen LogP contribution in [0.4, 0.5) is 10.1 Å². The van der Waals surface area contributed by atoms with E-state index in [1.807, 2.05) is 60.4 Å². The van der Waals surface area contributed by atoms with E-state index in [2.05, 4.69) is 0 Å². The molecule has 190 valence electrons. The molecule has 2 aliphatic heterocycles. The van der Waals surface area contributed by atoms with Gasteiger partial charge in [0.05, 0.1) is 6.04 Å². The maximum Gasteiger partial charge on any atom is 0.185 e. The molecule has 39 heavy (non-hydrogen) atoms. The maximum atomic E-state index is 14.5. The predicted molar refractivity (Wildman–Crippen MR) is 148 cm³/mol. The van der Waals surface area contributed by atoms with E-state index in [1.165, 1.54) is 12.1 Å². The third kappa shape index (κ3) is 3.13. The number of carbonyl (C=O) groups is 3. The fraction of sp³-hybridized carbons (Fsp3) is 0.147. The number of ketones is 3. The highest BCUT2D eigenvalue weighted by atomic mass is 19.1. The summed E-state index contributed by atoms with van der Waals surface area (Å²) in [6.07, 6.45) is 3.82. The Morgan fingerprint density at radius 2 is 1.41 bits per heavy atom. The minimum absolute atomic E-state index is 0.187. The Morgan fingerprint density at radius 1 is 0.795 bits per heavy atom. The van der Waals surface area contributed by atoms with Crippen LogP contribution in [-0.2, 0) is 0 Å². The molecular weight excluding hydrogens is 489 g/mol. The lowest BCUT2D eigenvalue weighted by atomic mass is 9.64. The Hall–Kier alpha value is -4.64. The number of hydrogen-bond acceptors (Lipinski definition) is 4. The number of carbonyl (C=O) groups excluding carboxylic acids is 3. The third-order valence-electron chi connectivity index (χ3n) is 8.55. The molecule has 4 aromatic carbocycles. The number of nitrogens with zero attached hydrogens (tertiary/aromatic N) is 1. The standard InChI is InChI=1S/C34H24FNO3/c1-20-10-12-23(13-11-20)31(37)30-29(22-14-17-24(35)18-15-22)34(32(38)25-7-3-4-8-26(25)33(34)39)28-19-16-21-6-2-5-9-27(21)36(28)30/h2-19,28-30H,1H3/t28-,29-,30+/m0/s1. The summed E-state index contributed by atoms with van der Waals surface area (Å²) < 4.78 is 14.1. The Bertz CT molecular complexity index is 1670. The van der Waals surface area contributed by atoms with Gasteiger partial charge in [0.2, 0.25) is 0 Å². The number of aryl methyl sites for hydroxylation is 1. The normalized spacial score (nSPS) is 22.1. The Labute approximate surface area is 225 Å². The first-order valence-corrected chi connectivity index (χ1v) is 13.0. The molecule has 0 saturated carbocycles. The highest BCUT2D eigenvalue weighted by molar-refractivity contribution is 6.32. The Balaban J connectivity index is 1.54. The van der Waals surface area contributed by atoms with Crippen molar-refractivity contribution < 1.29 is 18.8 Å². The monoisotopic (exact) mass is 513 g/mol. The van der Waals surface area contributed by atoms with Crippen molar-refractivity contribution in [2.45, 2.75) is 24.9 Å². The zero-order chi connectivity index (χ0) is 26.9. The van der Waals surface area contributed by atoms with Crippen LogP contribution in [-0.4, -0.2) is 29.4 Å². The van der Waals surface area contributed by atoms with E-state index in [0.717, 1.165) is 16.8 Å². The van der Waals surface area contributed by atoms with Crippen LogP contribution >= 0.6 is 0 Å². The molecule has 4 aromatic rings. The number of para-hydroxylation sites is 1. The lowest BCUT2D eigenvalue weighted by Crippen LogP contribution is -2.48. The van der Waals surface area contributed by atoms with E-state index in [1.54, 1.807) is 48.5 Å². The molecule has 0 unspecified atom stereocenters. The first-order chi connectivity index (χ1) is 18.9. The van der Waals surface area contributed by atoms with Gasteiger partial charge < -0.3 is 4.90 Å². The van der Waals surface area contributed by atoms with E-state index in [-0.39, 0.29) is 17.3 Å². The van der Waals surface area contributed by atoms with Crippen molar-refractivity contribution in [3.05, 3.63) is 142 Å². The van der Waals surface area contributed by atoms with Gasteiger partial charge in [-0.1, -0.05) is 96.6 Å². The van der Waals surface area contributed by atoms with E-state index in [0.29, 0.717) is 22.3 Å². The molecule has 3 aliphatic rings. The van der Waals surface area contributed by atoms with Gasteiger partial charge in [0.25, 0.3) is 0 Å². The Kier molecular flexibility index (Phi) is 5.08. The van der Waals surface area contributed by atoms with Crippen LogP contribution in [0.1, 0.15) is 53.7 Å². The van der Waals surface area contributed by atoms with E-state index in [9.17, 15) is 18.8 Å². The molecule has 4 nitrogen and oxygen atoms in total. The molecule has 2 heterocycles. The summed E-state index contributed by atoms with van der Waals surface area (Å²) in [5, 5.41) is 0. The van der Waals surface area contributed by atoms with Gasteiger partial charge in [-0.15, -0.1) is 0 Å². The van der Waals surface area contributed by atoms with Crippen LogP contribution in [0.15, 0.2) is 103 Å². The molecule has 1 aliphatic carbocycles. The first-order valence-electron chi connectivity index (χ1n) is 13.0. The molecule has 0 amide bonds. The fourth-order valence-corrected chi connectivity index (χ4v) is 6.85. The minimum atomic E-state index is -1.59. The second-order valence-corrected chi connectivity index (χ2v) is 10.5. The summed E-state index contributed by atoms with van der Waals surface area (Å²) >= 11 is 0. The largest absolute Gasteiger partial charge is 0.352 e. The number of fused-ring (bicyclic) bond motifs is 5. The van der Waals surface area contributed by atoms with Gasteiger partial charge in [-0.3, -0.25) is 14.4 Å². The SMILES string of the molecule is Cc1ccc(C(=O)[C@H]2[C@H](c3ccc(F)cc3)C3(C(=O)c4ccccc4C3=O)[C@@H]3C=Cc4ccccc4N32)cc1. The third-order valence-corrected chi connectivity index (χ3v) is 8.55. The van der Waals surface area contributed by atoms with E-state index in [4.69, 9.17) is 0 Å². The van der Waals surface area contributed by atoms with Crippen molar-refractivity contribution in [3.8, 4) is 0 Å². The number of halogens is 1. The summed E-state index contributed by atoms with van der Waals surface area (Å²) in [5.41, 5.74) is 2.93. The van der Waals surface area contributed by atoms with E-state index >= 15 is 0 Å². The van der Waals surface area contributed by atoms with Crippen LogP contribution in [0, 0.1) is 18.2 Å². The number of hydrogen-bond donors (Lipinski definition) is 0. The van der Waals surface area contributed by atoms with Crippen molar-refractivity contribution in [3.63, 3.8) is 0 Å². The average Bonchev–Trinajstić information content (AvgIpc) is 3.40. The molecule has 5 heteroatoms. The van der Waals surface area contributed by atoms with Crippen LogP contribution in [0.3, 0.4) is 0 Å². The zero-order valence-corrected chi connectivity index (χ0v) is 21.2.